The molecule has 0 radical (unpaired) electrons. The van der Waals surface area contributed by atoms with Crippen molar-refractivity contribution in [3.63, 3.8) is 0 Å². The Hall–Kier alpha value is -4.10. The summed E-state index contributed by atoms with van der Waals surface area (Å²) in [6.07, 6.45) is 12.3. The van der Waals surface area contributed by atoms with Gasteiger partial charge in [-0.3, -0.25) is 0 Å². The van der Waals surface area contributed by atoms with E-state index in [0.717, 1.165) is 25.7 Å². The third-order valence-corrected chi connectivity index (χ3v) is 25.1. The van der Waals surface area contributed by atoms with E-state index in [1.54, 1.807) is 41.5 Å². The van der Waals surface area contributed by atoms with E-state index >= 15 is 0 Å². The second-order valence-electron chi connectivity index (χ2n) is 18.1. The Morgan fingerprint density at radius 3 is 1.45 bits per heavy atom. The van der Waals surface area contributed by atoms with Crippen LogP contribution in [0.2, 0.25) is 0 Å². The fraction of sp³-hybridized carbons (Fsp3) is 0.286. The SMILES string of the molecule is CCCC1=Cc2c(-c3ccccc3CC(C)C)cccc2[CH]1[Zr]([c]1cccc2c1[SiH2]c1ccccc1-2)[CH]1C(CCC)=Cc2c(-c3ccccc3CC(C)C)cccc21. The molecule has 0 bridgehead atoms. The van der Waals surface area contributed by atoms with Gasteiger partial charge in [0.25, 0.3) is 0 Å². The maximum absolute atomic E-state index is 2.85. The van der Waals surface area contributed by atoms with E-state index in [-0.39, 0.29) is 0 Å². The van der Waals surface area contributed by atoms with E-state index in [1.165, 1.54) is 62.9 Å². The van der Waals surface area contributed by atoms with Crippen LogP contribution >= 0.6 is 0 Å². The Morgan fingerprint density at radius 2 is 0.931 bits per heavy atom. The molecule has 291 valence electrons. The van der Waals surface area contributed by atoms with Gasteiger partial charge in [-0.1, -0.05) is 0 Å². The Balaban J connectivity index is 1.29. The zero-order chi connectivity index (χ0) is 39.9. The van der Waals surface area contributed by atoms with Crippen LogP contribution in [0.15, 0.2) is 139 Å². The third kappa shape index (κ3) is 7.17. The topological polar surface area (TPSA) is 0 Å². The predicted octanol–water partition coefficient (Wildman–Crippen LogP) is 12.6. The Bertz CT molecular complexity index is 2420. The summed E-state index contributed by atoms with van der Waals surface area (Å²) < 4.78 is 2.79. The van der Waals surface area contributed by atoms with Crippen LogP contribution in [0, 0.1) is 11.8 Å². The molecule has 6 aromatic carbocycles. The third-order valence-electron chi connectivity index (χ3n) is 13.0. The second kappa shape index (κ2) is 16.9. The molecule has 0 saturated carbocycles. The maximum atomic E-state index is 2.71. The predicted molar refractivity (Wildman–Crippen MR) is 251 cm³/mol. The number of hydrogen-bond acceptors (Lipinski definition) is 0. The molecule has 9 rings (SSSR count). The standard InChI is InChI=1S/2C22H25.C12H9Si.Zr/c2*1-4-8-17-14-19-10-7-12-21(22(19)15-17)20-11-6-5-9-18(20)13-16(2)3;1-3-7-11-9(5-1)10-6-2-4-8-12(10)13-11;/h2*5-7,9-12,14-16H,4,8,13H2,1-3H3;1-7H,13H2;. The number of allylic oxidation sites excluding steroid dienone is 2. The summed E-state index contributed by atoms with van der Waals surface area (Å²) in [7, 11) is -0.615. The van der Waals surface area contributed by atoms with Crippen molar-refractivity contribution >= 4 is 35.3 Å². The summed E-state index contributed by atoms with van der Waals surface area (Å²) in [6, 6.07) is 50.3. The van der Waals surface area contributed by atoms with Crippen molar-refractivity contribution in [2.75, 3.05) is 0 Å². The molecule has 2 aliphatic carbocycles. The summed E-state index contributed by atoms with van der Waals surface area (Å²) in [5.41, 5.74) is 21.4. The van der Waals surface area contributed by atoms with Gasteiger partial charge >= 0.3 is 362 Å². The van der Waals surface area contributed by atoms with Crippen molar-refractivity contribution in [1.82, 2.24) is 0 Å². The first-order valence-corrected chi connectivity index (χ1v) is 27.7. The summed E-state index contributed by atoms with van der Waals surface area (Å²) in [4.78, 5) is 0. The molecular formula is C56H59SiZr. The van der Waals surface area contributed by atoms with Gasteiger partial charge in [0.1, 0.15) is 0 Å². The van der Waals surface area contributed by atoms with Crippen LogP contribution in [0.5, 0.6) is 0 Å². The van der Waals surface area contributed by atoms with Gasteiger partial charge in [0.2, 0.25) is 0 Å². The fourth-order valence-corrected chi connectivity index (χ4v) is 24.9. The van der Waals surface area contributed by atoms with Gasteiger partial charge in [-0.2, -0.15) is 0 Å². The van der Waals surface area contributed by atoms with Crippen LogP contribution < -0.4 is 13.6 Å². The minimum atomic E-state index is -2.85. The van der Waals surface area contributed by atoms with E-state index in [2.05, 4.69) is 181 Å². The molecule has 3 aliphatic rings. The van der Waals surface area contributed by atoms with Crippen molar-refractivity contribution in [2.24, 2.45) is 11.8 Å². The summed E-state index contributed by atoms with van der Waals surface area (Å²) in [5, 5.41) is 3.40. The molecule has 2 unspecified atom stereocenters. The van der Waals surface area contributed by atoms with Crippen LogP contribution in [0.4, 0.5) is 0 Å². The summed E-state index contributed by atoms with van der Waals surface area (Å²) in [6.45, 7) is 14.2. The average Bonchev–Trinajstić information content (AvgIpc) is 3.90. The van der Waals surface area contributed by atoms with Crippen LogP contribution in [0.25, 0.3) is 45.5 Å². The quantitative estimate of drug-likeness (QED) is 0.101. The molecule has 58 heavy (non-hydrogen) atoms. The van der Waals surface area contributed by atoms with Crippen molar-refractivity contribution < 1.29 is 21.8 Å². The molecule has 0 fully saturated rings. The van der Waals surface area contributed by atoms with Gasteiger partial charge in [-0.25, -0.2) is 0 Å². The molecule has 6 aromatic rings. The molecule has 0 saturated heterocycles. The zero-order valence-corrected chi connectivity index (χ0v) is 39.4. The van der Waals surface area contributed by atoms with Gasteiger partial charge in [0.15, 0.2) is 0 Å². The van der Waals surface area contributed by atoms with E-state index in [4.69, 9.17) is 0 Å². The molecule has 0 aromatic heterocycles. The molecule has 0 spiro atoms. The molecule has 0 amide bonds. The van der Waals surface area contributed by atoms with E-state index in [1.807, 2.05) is 0 Å². The van der Waals surface area contributed by atoms with Gasteiger partial charge < -0.3 is 0 Å². The van der Waals surface area contributed by atoms with Crippen LogP contribution in [-0.4, -0.2) is 9.52 Å². The van der Waals surface area contributed by atoms with Gasteiger partial charge in [-0.05, 0) is 0 Å². The first-order valence-electron chi connectivity index (χ1n) is 22.3. The molecule has 1 aliphatic heterocycles. The number of rotatable bonds is 13. The fourth-order valence-electron chi connectivity index (χ4n) is 10.9. The van der Waals surface area contributed by atoms with Crippen molar-refractivity contribution in [3.05, 3.63) is 172 Å². The van der Waals surface area contributed by atoms with E-state index in [9.17, 15) is 0 Å². The number of fused-ring (bicyclic) bond motifs is 5. The minimum absolute atomic E-state index is 0.492. The Kier molecular flexibility index (Phi) is 11.5. The van der Waals surface area contributed by atoms with Gasteiger partial charge in [0.05, 0.1) is 0 Å². The first-order chi connectivity index (χ1) is 28.4. The van der Waals surface area contributed by atoms with Gasteiger partial charge in [0, 0.05) is 0 Å². The Morgan fingerprint density at radius 1 is 0.483 bits per heavy atom. The molecule has 1 heterocycles. The second-order valence-corrected chi connectivity index (χ2v) is 26.3. The van der Waals surface area contributed by atoms with Crippen molar-refractivity contribution in [2.45, 2.75) is 87.3 Å². The van der Waals surface area contributed by atoms with Crippen LogP contribution in [-0.2, 0) is 34.6 Å². The molecule has 2 atom stereocenters. The van der Waals surface area contributed by atoms with Gasteiger partial charge in [-0.15, -0.1) is 0 Å². The number of benzene rings is 6. The molecular weight excluding hydrogens is 792 g/mol. The Labute approximate surface area is 359 Å². The van der Waals surface area contributed by atoms with Crippen LogP contribution in [0.3, 0.4) is 0 Å². The molecule has 2 heteroatoms. The summed E-state index contributed by atoms with van der Waals surface area (Å²) in [5.74, 6) is 1.22. The average molecular weight is 851 g/mol. The van der Waals surface area contributed by atoms with Crippen molar-refractivity contribution in [1.29, 1.82) is 0 Å². The van der Waals surface area contributed by atoms with Crippen LogP contribution in [0.1, 0.15) is 108 Å². The van der Waals surface area contributed by atoms with E-state index in [0.29, 0.717) is 19.1 Å². The number of hydrogen-bond donors (Lipinski definition) is 0. The van der Waals surface area contributed by atoms with Crippen molar-refractivity contribution in [3.8, 4) is 33.4 Å². The van der Waals surface area contributed by atoms with E-state index < -0.39 is 31.3 Å². The normalized spacial score (nSPS) is 16.7. The summed E-state index contributed by atoms with van der Waals surface area (Å²) >= 11 is -2.85. The molecule has 0 nitrogen and oxygen atoms in total. The monoisotopic (exact) mass is 849 g/mol. The zero-order valence-electron chi connectivity index (χ0n) is 35.5. The first kappa shape index (κ1) is 39.4. The molecule has 0 N–H and O–H groups in total.